The Hall–Kier alpha value is -1.23. The molecule has 1 aliphatic heterocycles. The van der Waals surface area contributed by atoms with Crippen LogP contribution in [0.2, 0.25) is 5.02 Å². The molecule has 118 valence electrons. The Morgan fingerprint density at radius 2 is 2.27 bits per heavy atom. The lowest BCUT2D eigenvalue weighted by Crippen LogP contribution is -2.48. The van der Waals surface area contributed by atoms with E-state index in [0.717, 1.165) is 36.0 Å². The second-order valence-electron chi connectivity index (χ2n) is 6.12. The van der Waals surface area contributed by atoms with Crippen LogP contribution in [0.4, 0.5) is 4.39 Å². The van der Waals surface area contributed by atoms with Gasteiger partial charge < -0.3 is 5.73 Å². The second kappa shape index (κ2) is 6.49. The minimum atomic E-state index is -0.930. The van der Waals surface area contributed by atoms with Gasteiger partial charge in [0.2, 0.25) is 0 Å². The average Bonchev–Trinajstić information content (AvgIpc) is 2.49. The first-order chi connectivity index (χ1) is 10.5. The molecular formula is C17H21ClFN3. The lowest BCUT2D eigenvalue weighted by Gasteiger charge is -2.32. The predicted molar refractivity (Wildman–Crippen MR) is 89.1 cm³/mol. The number of piperidine rings is 1. The van der Waals surface area contributed by atoms with E-state index in [-0.39, 0.29) is 6.04 Å². The SMILES string of the molecule is Cc1ccc2ncc(Cl)c(CCN3CC[C@@H](N)[C@H](F)C3)c2c1. The lowest BCUT2D eigenvalue weighted by molar-refractivity contribution is 0.121. The van der Waals surface area contributed by atoms with Gasteiger partial charge in [-0.3, -0.25) is 9.88 Å². The Kier molecular flexibility index (Phi) is 4.62. The van der Waals surface area contributed by atoms with Crippen LogP contribution < -0.4 is 5.73 Å². The van der Waals surface area contributed by atoms with Crippen molar-refractivity contribution in [1.29, 1.82) is 0 Å². The molecule has 3 nitrogen and oxygen atoms in total. The van der Waals surface area contributed by atoms with Crippen molar-refractivity contribution in [3.8, 4) is 0 Å². The monoisotopic (exact) mass is 321 g/mol. The molecule has 5 heteroatoms. The van der Waals surface area contributed by atoms with E-state index in [1.807, 2.05) is 12.1 Å². The summed E-state index contributed by atoms with van der Waals surface area (Å²) in [6.45, 7) is 4.12. The highest BCUT2D eigenvalue weighted by atomic mass is 35.5. The summed E-state index contributed by atoms with van der Waals surface area (Å²) in [5, 5.41) is 1.78. The number of nitrogens with zero attached hydrogens (tertiary/aromatic N) is 2. The molecule has 1 aliphatic rings. The summed E-state index contributed by atoms with van der Waals surface area (Å²) in [7, 11) is 0. The van der Waals surface area contributed by atoms with Gasteiger partial charge in [0.15, 0.2) is 0 Å². The van der Waals surface area contributed by atoms with Crippen molar-refractivity contribution in [2.45, 2.75) is 32.0 Å². The van der Waals surface area contributed by atoms with Crippen molar-refractivity contribution in [2.75, 3.05) is 19.6 Å². The Balaban J connectivity index is 1.79. The fraction of sp³-hybridized carbons (Fsp3) is 0.471. The highest BCUT2D eigenvalue weighted by molar-refractivity contribution is 6.32. The number of hydrogen-bond donors (Lipinski definition) is 1. The molecule has 0 radical (unpaired) electrons. The number of nitrogens with two attached hydrogens (primary N) is 1. The summed E-state index contributed by atoms with van der Waals surface area (Å²) in [4.78, 5) is 6.51. The molecule has 0 spiro atoms. The standard InChI is InChI=1S/C17H21ClFN3/c1-11-2-3-17-13(8-11)12(14(18)9-21-17)4-6-22-7-5-16(20)15(19)10-22/h2-3,8-9,15-16H,4-7,10,20H2,1H3/t15-,16-/m1/s1. The second-order valence-corrected chi connectivity index (χ2v) is 6.53. The minimum Gasteiger partial charge on any atom is -0.325 e. The first kappa shape index (κ1) is 15.7. The molecule has 1 aromatic heterocycles. The summed E-state index contributed by atoms with van der Waals surface area (Å²) < 4.78 is 13.7. The number of fused-ring (bicyclic) bond motifs is 1. The van der Waals surface area contributed by atoms with Crippen LogP contribution >= 0.6 is 11.6 Å². The first-order valence-corrected chi connectivity index (χ1v) is 8.08. The molecule has 0 saturated carbocycles. The molecule has 2 N–H and O–H groups in total. The molecular weight excluding hydrogens is 301 g/mol. The Bertz CT molecular complexity index is 671. The van der Waals surface area contributed by atoms with Crippen molar-refractivity contribution in [3.63, 3.8) is 0 Å². The molecule has 0 bridgehead atoms. The van der Waals surface area contributed by atoms with Crippen LogP contribution in [0.1, 0.15) is 17.5 Å². The van der Waals surface area contributed by atoms with Crippen molar-refractivity contribution < 1.29 is 4.39 Å². The number of alkyl halides is 1. The number of aromatic nitrogens is 1. The average molecular weight is 322 g/mol. The Morgan fingerprint density at radius 3 is 3.05 bits per heavy atom. The number of halogens is 2. The maximum absolute atomic E-state index is 13.7. The van der Waals surface area contributed by atoms with Crippen LogP contribution in [-0.2, 0) is 6.42 Å². The predicted octanol–water partition coefficient (Wildman–Crippen LogP) is 3.11. The van der Waals surface area contributed by atoms with Crippen molar-refractivity contribution in [3.05, 3.63) is 40.5 Å². The van der Waals surface area contributed by atoms with E-state index in [9.17, 15) is 4.39 Å². The highest BCUT2D eigenvalue weighted by Crippen LogP contribution is 2.26. The molecule has 0 unspecified atom stereocenters. The van der Waals surface area contributed by atoms with Crippen LogP contribution in [0.25, 0.3) is 10.9 Å². The van der Waals surface area contributed by atoms with Gasteiger partial charge >= 0.3 is 0 Å². The molecule has 2 heterocycles. The van der Waals surface area contributed by atoms with E-state index >= 15 is 0 Å². The molecule has 0 amide bonds. The van der Waals surface area contributed by atoms with Gasteiger partial charge in [-0.05, 0) is 44.0 Å². The van der Waals surface area contributed by atoms with E-state index < -0.39 is 6.17 Å². The van der Waals surface area contributed by atoms with E-state index in [4.69, 9.17) is 17.3 Å². The van der Waals surface area contributed by atoms with E-state index in [1.54, 1.807) is 6.20 Å². The smallest absolute Gasteiger partial charge is 0.128 e. The zero-order chi connectivity index (χ0) is 15.7. The first-order valence-electron chi connectivity index (χ1n) is 7.70. The third-order valence-electron chi connectivity index (χ3n) is 4.44. The summed E-state index contributed by atoms with van der Waals surface area (Å²) in [5.41, 5.74) is 8.97. The largest absolute Gasteiger partial charge is 0.325 e. The maximum Gasteiger partial charge on any atom is 0.128 e. The third kappa shape index (κ3) is 3.24. The van der Waals surface area contributed by atoms with Gasteiger partial charge in [-0.25, -0.2) is 4.39 Å². The van der Waals surface area contributed by atoms with E-state index in [0.29, 0.717) is 18.0 Å². The maximum atomic E-state index is 13.7. The van der Waals surface area contributed by atoms with Crippen LogP contribution in [0, 0.1) is 6.92 Å². The quantitative estimate of drug-likeness (QED) is 0.944. The van der Waals surface area contributed by atoms with Crippen molar-refractivity contribution >= 4 is 22.5 Å². The summed E-state index contributed by atoms with van der Waals surface area (Å²) in [6, 6.07) is 5.87. The molecule has 1 saturated heterocycles. The fourth-order valence-corrected chi connectivity index (χ4v) is 3.29. The summed E-state index contributed by atoms with van der Waals surface area (Å²) >= 11 is 6.35. The zero-order valence-electron chi connectivity index (χ0n) is 12.7. The summed E-state index contributed by atoms with van der Waals surface area (Å²) in [5.74, 6) is 0. The molecule has 1 fully saturated rings. The van der Waals surface area contributed by atoms with Gasteiger partial charge in [0, 0.05) is 30.7 Å². The van der Waals surface area contributed by atoms with E-state index in [2.05, 4.69) is 22.9 Å². The molecule has 2 atom stereocenters. The number of likely N-dealkylation sites (tertiary alicyclic amines) is 1. The number of benzene rings is 1. The van der Waals surface area contributed by atoms with Crippen LogP contribution in [0.3, 0.4) is 0 Å². The molecule has 1 aromatic carbocycles. The number of hydrogen-bond acceptors (Lipinski definition) is 3. The molecule has 3 rings (SSSR count). The van der Waals surface area contributed by atoms with Crippen molar-refractivity contribution in [1.82, 2.24) is 9.88 Å². The van der Waals surface area contributed by atoms with Gasteiger partial charge in [-0.2, -0.15) is 0 Å². The normalized spacial score (nSPS) is 23.1. The van der Waals surface area contributed by atoms with Gasteiger partial charge in [0.05, 0.1) is 10.5 Å². The van der Waals surface area contributed by atoms with Crippen LogP contribution in [-0.4, -0.2) is 41.7 Å². The van der Waals surface area contributed by atoms with Crippen molar-refractivity contribution in [2.24, 2.45) is 5.73 Å². The van der Waals surface area contributed by atoms with Gasteiger partial charge in [0.25, 0.3) is 0 Å². The van der Waals surface area contributed by atoms with Crippen LogP contribution in [0.5, 0.6) is 0 Å². The van der Waals surface area contributed by atoms with Gasteiger partial charge in [-0.1, -0.05) is 23.2 Å². The zero-order valence-corrected chi connectivity index (χ0v) is 13.5. The lowest BCUT2D eigenvalue weighted by atomic mass is 10.0. The highest BCUT2D eigenvalue weighted by Gasteiger charge is 2.26. The molecule has 2 aromatic rings. The number of pyridine rings is 1. The Morgan fingerprint density at radius 1 is 1.45 bits per heavy atom. The van der Waals surface area contributed by atoms with Gasteiger partial charge in [0.1, 0.15) is 6.17 Å². The molecule has 0 aliphatic carbocycles. The number of rotatable bonds is 3. The third-order valence-corrected chi connectivity index (χ3v) is 4.76. The Labute approximate surface area is 135 Å². The van der Waals surface area contributed by atoms with Crippen LogP contribution in [0.15, 0.2) is 24.4 Å². The summed E-state index contributed by atoms with van der Waals surface area (Å²) in [6.07, 6.45) is 2.29. The van der Waals surface area contributed by atoms with E-state index in [1.165, 1.54) is 5.56 Å². The topological polar surface area (TPSA) is 42.2 Å². The van der Waals surface area contributed by atoms with Gasteiger partial charge in [-0.15, -0.1) is 0 Å². The number of aryl methyl sites for hydroxylation is 1. The fourth-order valence-electron chi connectivity index (χ4n) is 3.05. The minimum absolute atomic E-state index is 0.316. The molecule has 22 heavy (non-hydrogen) atoms.